The summed E-state index contributed by atoms with van der Waals surface area (Å²) in [4.78, 5) is 15.3. The highest BCUT2D eigenvalue weighted by Crippen LogP contribution is 2.40. The van der Waals surface area contributed by atoms with Crippen LogP contribution in [-0.2, 0) is 0 Å². The van der Waals surface area contributed by atoms with Gasteiger partial charge in [-0.25, -0.2) is 0 Å². The van der Waals surface area contributed by atoms with Gasteiger partial charge in [-0.1, -0.05) is 55.8 Å². The molecular weight excluding hydrogens is 348 g/mol. The molecule has 0 spiro atoms. The third kappa shape index (κ3) is 3.19. The van der Waals surface area contributed by atoms with E-state index in [4.69, 9.17) is 4.74 Å². The first-order valence-electron chi connectivity index (χ1n) is 10.1. The molecule has 0 aromatic heterocycles. The van der Waals surface area contributed by atoms with E-state index in [1.807, 2.05) is 54.3 Å². The topological polar surface area (TPSA) is 41.6 Å². The molecule has 1 unspecified atom stereocenters. The fraction of sp³-hybridized carbons (Fsp3) is 0.292. The number of benzene rings is 3. The number of hydrogen-bond acceptors (Lipinski definition) is 3. The average molecular weight is 374 g/mol. The van der Waals surface area contributed by atoms with Gasteiger partial charge in [0.2, 0.25) is 0 Å². The summed E-state index contributed by atoms with van der Waals surface area (Å²) in [7, 11) is 0. The molecule has 4 heteroatoms. The van der Waals surface area contributed by atoms with Gasteiger partial charge in [-0.2, -0.15) is 0 Å². The second-order valence-electron chi connectivity index (χ2n) is 7.08. The van der Waals surface area contributed by atoms with Gasteiger partial charge in [0.25, 0.3) is 5.91 Å². The fourth-order valence-electron chi connectivity index (χ4n) is 3.92. The highest BCUT2D eigenvalue weighted by atomic mass is 16.5. The number of carbonyl (C=O) groups excluding carboxylic acids is 1. The Morgan fingerprint density at radius 2 is 1.79 bits per heavy atom. The van der Waals surface area contributed by atoms with E-state index in [0.717, 1.165) is 46.2 Å². The molecule has 0 aliphatic carbocycles. The molecule has 0 saturated carbocycles. The van der Waals surface area contributed by atoms with Crippen LogP contribution in [0.15, 0.2) is 60.7 Å². The molecule has 0 fully saturated rings. The Morgan fingerprint density at radius 1 is 1.00 bits per heavy atom. The SMILES string of the molecule is CCCCN1C(=O)c2ccccc2NC1c1c(OCC)ccc2ccccc12. The van der Waals surface area contributed by atoms with Crippen LogP contribution in [0.1, 0.15) is 48.8 Å². The lowest BCUT2D eigenvalue weighted by Crippen LogP contribution is -2.43. The number of carbonyl (C=O) groups is 1. The monoisotopic (exact) mass is 374 g/mol. The maximum absolute atomic E-state index is 13.4. The minimum atomic E-state index is -0.262. The predicted molar refractivity (Wildman–Crippen MR) is 114 cm³/mol. The van der Waals surface area contributed by atoms with E-state index in [-0.39, 0.29) is 12.1 Å². The summed E-state index contributed by atoms with van der Waals surface area (Å²) in [5.74, 6) is 0.899. The van der Waals surface area contributed by atoms with Crippen LogP contribution in [0.5, 0.6) is 5.75 Å². The molecule has 1 heterocycles. The first-order valence-corrected chi connectivity index (χ1v) is 10.1. The molecular formula is C24H26N2O2. The van der Waals surface area contributed by atoms with Crippen LogP contribution in [0.4, 0.5) is 5.69 Å². The van der Waals surface area contributed by atoms with Crippen LogP contribution in [0.3, 0.4) is 0 Å². The van der Waals surface area contributed by atoms with Crippen LogP contribution in [-0.4, -0.2) is 24.0 Å². The van der Waals surface area contributed by atoms with Crippen molar-refractivity contribution in [2.45, 2.75) is 32.9 Å². The maximum Gasteiger partial charge on any atom is 0.257 e. The molecule has 144 valence electrons. The molecule has 0 bridgehead atoms. The highest BCUT2D eigenvalue weighted by Gasteiger charge is 2.34. The Bertz CT molecular complexity index is 999. The standard InChI is InChI=1S/C24H26N2O2/c1-3-5-16-26-23(25-20-13-9-8-12-19(20)24(26)27)22-18-11-7-6-10-17(18)14-15-21(22)28-4-2/h6-15,23,25H,3-5,16H2,1-2H3. The van der Waals surface area contributed by atoms with Gasteiger partial charge >= 0.3 is 0 Å². The van der Waals surface area contributed by atoms with Gasteiger partial charge in [-0.05, 0) is 42.3 Å². The predicted octanol–water partition coefficient (Wildman–Crippen LogP) is 5.61. The number of amides is 1. The lowest BCUT2D eigenvalue weighted by Gasteiger charge is -2.39. The summed E-state index contributed by atoms with van der Waals surface area (Å²) in [6, 6.07) is 20.1. The summed E-state index contributed by atoms with van der Waals surface area (Å²) in [6.07, 6.45) is 1.73. The van der Waals surface area contributed by atoms with Gasteiger partial charge in [0.15, 0.2) is 0 Å². The Hall–Kier alpha value is -3.01. The Balaban J connectivity index is 1.90. The van der Waals surface area contributed by atoms with Crippen molar-refractivity contribution in [1.82, 2.24) is 4.90 Å². The first kappa shape index (κ1) is 18.4. The zero-order valence-electron chi connectivity index (χ0n) is 16.4. The van der Waals surface area contributed by atoms with Crippen LogP contribution >= 0.6 is 0 Å². The second-order valence-corrected chi connectivity index (χ2v) is 7.08. The summed E-state index contributed by atoms with van der Waals surface area (Å²) >= 11 is 0. The Labute approximate surface area is 166 Å². The molecule has 4 rings (SSSR count). The van der Waals surface area contributed by atoms with Crippen LogP contribution in [0, 0.1) is 0 Å². The largest absolute Gasteiger partial charge is 0.493 e. The smallest absolute Gasteiger partial charge is 0.257 e. The lowest BCUT2D eigenvalue weighted by molar-refractivity contribution is 0.0679. The second kappa shape index (κ2) is 7.93. The molecule has 1 aliphatic rings. The molecule has 3 aromatic carbocycles. The number of nitrogens with zero attached hydrogens (tertiary/aromatic N) is 1. The van der Waals surface area contributed by atoms with Gasteiger partial charge in [0, 0.05) is 17.8 Å². The van der Waals surface area contributed by atoms with Crippen molar-refractivity contribution in [3.05, 3.63) is 71.8 Å². The van der Waals surface area contributed by atoms with Crippen molar-refractivity contribution in [2.24, 2.45) is 0 Å². The summed E-state index contributed by atoms with van der Waals surface area (Å²) < 4.78 is 6.00. The number of para-hydroxylation sites is 1. The summed E-state index contributed by atoms with van der Waals surface area (Å²) in [5.41, 5.74) is 2.63. The molecule has 1 aliphatic heterocycles. The number of ether oxygens (including phenoxy) is 1. The van der Waals surface area contributed by atoms with E-state index in [1.54, 1.807) is 0 Å². The van der Waals surface area contributed by atoms with Gasteiger partial charge < -0.3 is 15.0 Å². The van der Waals surface area contributed by atoms with E-state index in [2.05, 4.69) is 30.4 Å². The number of nitrogens with one attached hydrogen (secondary N) is 1. The number of rotatable bonds is 6. The van der Waals surface area contributed by atoms with E-state index < -0.39 is 0 Å². The fourth-order valence-corrected chi connectivity index (χ4v) is 3.92. The molecule has 1 N–H and O–H groups in total. The van der Waals surface area contributed by atoms with Crippen molar-refractivity contribution in [3.8, 4) is 5.75 Å². The molecule has 0 radical (unpaired) electrons. The van der Waals surface area contributed by atoms with Gasteiger partial charge in [-0.15, -0.1) is 0 Å². The molecule has 1 amide bonds. The van der Waals surface area contributed by atoms with Crippen molar-refractivity contribution in [2.75, 3.05) is 18.5 Å². The third-order valence-corrected chi connectivity index (χ3v) is 5.28. The first-order chi connectivity index (χ1) is 13.7. The van der Waals surface area contributed by atoms with E-state index in [1.165, 1.54) is 0 Å². The van der Waals surface area contributed by atoms with Gasteiger partial charge in [-0.3, -0.25) is 4.79 Å². The minimum Gasteiger partial charge on any atom is -0.493 e. The zero-order valence-corrected chi connectivity index (χ0v) is 16.4. The third-order valence-electron chi connectivity index (χ3n) is 5.28. The average Bonchev–Trinajstić information content (AvgIpc) is 2.73. The molecule has 4 nitrogen and oxygen atoms in total. The van der Waals surface area contributed by atoms with Crippen molar-refractivity contribution < 1.29 is 9.53 Å². The van der Waals surface area contributed by atoms with E-state index in [9.17, 15) is 4.79 Å². The lowest BCUT2D eigenvalue weighted by atomic mass is 9.97. The summed E-state index contributed by atoms with van der Waals surface area (Å²) in [5, 5.41) is 5.87. The molecule has 28 heavy (non-hydrogen) atoms. The molecule has 0 saturated heterocycles. The van der Waals surface area contributed by atoms with Crippen LogP contribution < -0.4 is 10.1 Å². The molecule has 3 aromatic rings. The van der Waals surface area contributed by atoms with Crippen molar-refractivity contribution in [3.63, 3.8) is 0 Å². The Morgan fingerprint density at radius 3 is 2.61 bits per heavy atom. The molecule has 1 atom stereocenters. The normalized spacial score (nSPS) is 16.0. The van der Waals surface area contributed by atoms with Crippen molar-refractivity contribution in [1.29, 1.82) is 0 Å². The van der Waals surface area contributed by atoms with Crippen LogP contribution in [0.25, 0.3) is 10.8 Å². The van der Waals surface area contributed by atoms with Gasteiger partial charge in [0.05, 0.1) is 12.2 Å². The van der Waals surface area contributed by atoms with E-state index >= 15 is 0 Å². The van der Waals surface area contributed by atoms with Crippen molar-refractivity contribution >= 4 is 22.4 Å². The number of hydrogen-bond donors (Lipinski definition) is 1. The maximum atomic E-state index is 13.4. The van der Waals surface area contributed by atoms with Gasteiger partial charge in [0.1, 0.15) is 11.9 Å². The zero-order chi connectivity index (χ0) is 19.5. The number of unbranched alkanes of at least 4 members (excludes halogenated alkanes) is 1. The van der Waals surface area contributed by atoms with Crippen LogP contribution in [0.2, 0.25) is 0 Å². The number of anilines is 1. The number of fused-ring (bicyclic) bond motifs is 2. The highest BCUT2D eigenvalue weighted by molar-refractivity contribution is 6.02. The minimum absolute atomic E-state index is 0.0724. The quantitative estimate of drug-likeness (QED) is 0.610. The summed E-state index contributed by atoms with van der Waals surface area (Å²) in [6.45, 7) is 5.42. The Kier molecular flexibility index (Phi) is 5.20. The van der Waals surface area contributed by atoms with E-state index in [0.29, 0.717) is 13.2 Å².